The molecule has 1 aliphatic rings. The van der Waals surface area contributed by atoms with Crippen LogP contribution in [0.3, 0.4) is 0 Å². The standard InChI is InChI=1S/C13H22N2O/c1-11-9-13(15-16-11)10-14-12-7-5-3-2-4-6-8-12/h9,12,14H,2-8,10H2,1H3. The van der Waals surface area contributed by atoms with Gasteiger partial charge in [-0.05, 0) is 19.8 Å². The number of aryl methyl sites for hydroxylation is 1. The number of rotatable bonds is 3. The Morgan fingerprint density at radius 2 is 1.94 bits per heavy atom. The van der Waals surface area contributed by atoms with E-state index in [4.69, 9.17) is 4.52 Å². The highest BCUT2D eigenvalue weighted by Crippen LogP contribution is 2.17. The molecule has 2 rings (SSSR count). The van der Waals surface area contributed by atoms with Crippen LogP contribution in [0.1, 0.15) is 56.4 Å². The summed E-state index contributed by atoms with van der Waals surface area (Å²) in [6.07, 6.45) is 9.61. The van der Waals surface area contributed by atoms with Gasteiger partial charge in [0.05, 0.1) is 5.69 Å². The Morgan fingerprint density at radius 1 is 1.25 bits per heavy atom. The summed E-state index contributed by atoms with van der Waals surface area (Å²) >= 11 is 0. The molecule has 0 spiro atoms. The third-order valence-corrected chi connectivity index (χ3v) is 3.35. The van der Waals surface area contributed by atoms with Crippen LogP contribution in [0.4, 0.5) is 0 Å². The van der Waals surface area contributed by atoms with Gasteiger partial charge < -0.3 is 9.84 Å². The van der Waals surface area contributed by atoms with Gasteiger partial charge in [-0.1, -0.05) is 37.3 Å². The Morgan fingerprint density at radius 3 is 2.56 bits per heavy atom. The zero-order chi connectivity index (χ0) is 11.2. The Kier molecular flexibility index (Phi) is 4.40. The molecule has 1 N–H and O–H groups in total. The van der Waals surface area contributed by atoms with Crippen molar-refractivity contribution in [1.29, 1.82) is 0 Å². The van der Waals surface area contributed by atoms with Gasteiger partial charge in [0.15, 0.2) is 0 Å². The van der Waals surface area contributed by atoms with Gasteiger partial charge in [0, 0.05) is 18.7 Å². The van der Waals surface area contributed by atoms with Crippen LogP contribution in [0, 0.1) is 6.92 Å². The van der Waals surface area contributed by atoms with E-state index >= 15 is 0 Å². The molecular weight excluding hydrogens is 200 g/mol. The van der Waals surface area contributed by atoms with E-state index in [2.05, 4.69) is 10.5 Å². The SMILES string of the molecule is Cc1cc(CNC2CCCCCCC2)no1. The van der Waals surface area contributed by atoms with Gasteiger partial charge in [0.1, 0.15) is 5.76 Å². The molecule has 0 radical (unpaired) electrons. The molecule has 0 aromatic carbocycles. The Bertz CT molecular complexity index is 301. The van der Waals surface area contributed by atoms with Crippen molar-refractivity contribution in [3.05, 3.63) is 17.5 Å². The molecule has 0 unspecified atom stereocenters. The Balaban J connectivity index is 1.75. The maximum absolute atomic E-state index is 5.06. The van der Waals surface area contributed by atoms with Crippen LogP contribution < -0.4 is 5.32 Å². The Labute approximate surface area is 97.6 Å². The van der Waals surface area contributed by atoms with Crippen molar-refractivity contribution in [3.8, 4) is 0 Å². The van der Waals surface area contributed by atoms with Gasteiger partial charge in [-0.2, -0.15) is 0 Å². The minimum Gasteiger partial charge on any atom is -0.361 e. The Hall–Kier alpha value is -0.830. The van der Waals surface area contributed by atoms with E-state index in [0.29, 0.717) is 6.04 Å². The summed E-state index contributed by atoms with van der Waals surface area (Å²) in [4.78, 5) is 0. The highest BCUT2D eigenvalue weighted by molar-refractivity contribution is 5.03. The van der Waals surface area contributed by atoms with Gasteiger partial charge in [-0.25, -0.2) is 0 Å². The van der Waals surface area contributed by atoms with E-state index in [1.165, 1.54) is 44.9 Å². The van der Waals surface area contributed by atoms with Crippen LogP contribution >= 0.6 is 0 Å². The molecule has 1 aromatic heterocycles. The largest absolute Gasteiger partial charge is 0.361 e. The maximum atomic E-state index is 5.06. The average molecular weight is 222 g/mol. The summed E-state index contributed by atoms with van der Waals surface area (Å²) in [5.41, 5.74) is 1.03. The summed E-state index contributed by atoms with van der Waals surface area (Å²) in [5, 5.41) is 7.60. The molecular formula is C13H22N2O. The van der Waals surface area contributed by atoms with Gasteiger partial charge in [-0.15, -0.1) is 0 Å². The summed E-state index contributed by atoms with van der Waals surface area (Å²) in [5.74, 6) is 0.898. The fourth-order valence-corrected chi connectivity index (χ4v) is 2.41. The van der Waals surface area contributed by atoms with E-state index < -0.39 is 0 Å². The second-order valence-electron chi connectivity index (χ2n) is 4.85. The van der Waals surface area contributed by atoms with Crippen molar-refractivity contribution in [1.82, 2.24) is 10.5 Å². The number of nitrogens with zero attached hydrogens (tertiary/aromatic N) is 1. The number of hydrogen-bond donors (Lipinski definition) is 1. The fraction of sp³-hybridized carbons (Fsp3) is 0.769. The third-order valence-electron chi connectivity index (χ3n) is 3.35. The summed E-state index contributed by atoms with van der Waals surface area (Å²) in [7, 11) is 0. The second kappa shape index (κ2) is 6.04. The van der Waals surface area contributed by atoms with Crippen LogP contribution in [-0.4, -0.2) is 11.2 Å². The normalized spacial score (nSPS) is 19.3. The van der Waals surface area contributed by atoms with E-state index in [0.717, 1.165) is 18.0 Å². The zero-order valence-electron chi connectivity index (χ0n) is 10.2. The summed E-state index contributed by atoms with van der Waals surface area (Å²) < 4.78 is 5.06. The molecule has 0 atom stereocenters. The summed E-state index contributed by atoms with van der Waals surface area (Å²) in [6, 6.07) is 2.69. The first-order valence-corrected chi connectivity index (χ1v) is 6.50. The van der Waals surface area contributed by atoms with Crippen LogP contribution in [0.25, 0.3) is 0 Å². The first-order chi connectivity index (χ1) is 7.84. The van der Waals surface area contributed by atoms with Gasteiger partial charge in [0.2, 0.25) is 0 Å². The first-order valence-electron chi connectivity index (χ1n) is 6.50. The smallest absolute Gasteiger partial charge is 0.133 e. The molecule has 1 heterocycles. The number of aromatic nitrogens is 1. The number of hydrogen-bond acceptors (Lipinski definition) is 3. The monoisotopic (exact) mass is 222 g/mol. The minimum atomic E-state index is 0.678. The topological polar surface area (TPSA) is 38.1 Å². The lowest BCUT2D eigenvalue weighted by molar-refractivity contribution is 0.368. The molecule has 1 aliphatic carbocycles. The van der Waals surface area contributed by atoms with Gasteiger partial charge in [-0.3, -0.25) is 0 Å². The molecule has 0 bridgehead atoms. The lowest BCUT2D eigenvalue weighted by Crippen LogP contribution is -2.29. The van der Waals surface area contributed by atoms with Crippen molar-refractivity contribution in [2.45, 2.75) is 64.5 Å². The average Bonchev–Trinajstić information content (AvgIpc) is 2.63. The van der Waals surface area contributed by atoms with Crippen molar-refractivity contribution in [3.63, 3.8) is 0 Å². The lowest BCUT2D eigenvalue weighted by Gasteiger charge is -2.20. The molecule has 1 aromatic rings. The quantitative estimate of drug-likeness (QED) is 0.853. The van der Waals surface area contributed by atoms with Crippen molar-refractivity contribution < 1.29 is 4.52 Å². The van der Waals surface area contributed by atoms with Crippen LogP contribution in [0.2, 0.25) is 0 Å². The van der Waals surface area contributed by atoms with Crippen molar-refractivity contribution >= 4 is 0 Å². The highest BCUT2D eigenvalue weighted by Gasteiger charge is 2.11. The third kappa shape index (κ3) is 3.63. The summed E-state index contributed by atoms with van der Waals surface area (Å²) in [6.45, 7) is 2.79. The van der Waals surface area contributed by atoms with E-state index in [-0.39, 0.29) is 0 Å². The van der Waals surface area contributed by atoms with E-state index in [1.54, 1.807) is 0 Å². The van der Waals surface area contributed by atoms with Crippen molar-refractivity contribution in [2.24, 2.45) is 0 Å². The fourth-order valence-electron chi connectivity index (χ4n) is 2.41. The van der Waals surface area contributed by atoms with Gasteiger partial charge >= 0.3 is 0 Å². The second-order valence-corrected chi connectivity index (χ2v) is 4.85. The predicted molar refractivity (Wildman–Crippen MR) is 64.2 cm³/mol. The molecule has 0 amide bonds. The molecule has 1 fully saturated rings. The molecule has 3 heteroatoms. The van der Waals surface area contributed by atoms with Crippen molar-refractivity contribution in [2.75, 3.05) is 0 Å². The van der Waals surface area contributed by atoms with Gasteiger partial charge in [0.25, 0.3) is 0 Å². The van der Waals surface area contributed by atoms with E-state index in [9.17, 15) is 0 Å². The highest BCUT2D eigenvalue weighted by atomic mass is 16.5. The van der Waals surface area contributed by atoms with Crippen LogP contribution in [-0.2, 0) is 6.54 Å². The zero-order valence-corrected chi connectivity index (χ0v) is 10.2. The molecule has 16 heavy (non-hydrogen) atoms. The van der Waals surface area contributed by atoms with E-state index in [1.807, 2.05) is 13.0 Å². The van der Waals surface area contributed by atoms with Crippen LogP contribution in [0.5, 0.6) is 0 Å². The molecule has 3 nitrogen and oxygen atoms in total. The minimum absolute atomic E-state index is 0.678. The molecule has 1 saturated carbocycles. The molecule has 90 valence electrons. The van der Waals surface area contributed by atoms with Crippen LogP contribution in [0.15, 0.2) is 10.6 Å². The molecule has 0 saturated heterocycles. The maximum Gasteiger partial charge on any atom is 0.133 e. The molecule has 0 aliphatic heterocycles. The lowest BCUT2D eigenvalue weighted by atomic mass is 9.97. The number of nitrogens with one attached hydrogen (secondary N) is 1. The predicted octanol–water partition coefficient (Wildman–Crippen LogP) is 3.19. The first kappa shape index (κ1) is 11.6.